The van der Waals surface area contributed by atoms with Gasteiger partial charge in [-0.2, -0.15) is 13.2 Å². The van der Waals surface area contributed by atoms with Crippen LogP contribution in [0.1, 0.15) is 42.2 Å². The lowest BCUT2D eigenvalue weighted by Gasteiger charge is -2.25. The second kappa shape index (κ2) is 5.19. The number of alkyl halides is 3. The maximum absolute atomic E-state index is 12.9. The molecule has 1 aliphatic rings. The summed E-state index contributed by atoms with van der Waals surface area (Å²) in [6.07, 6.45) is -1.69. The van der Waals surface area contributed by atoms with Gasteiger partial charge in [-0.05, 0) is 36.8 Å². The van der Waals surface area contributed by atoms with E-state index in [1.54, 1.807) is 0 Å². The number of hydrogen-bond donors (Lipinski definition) is 1. The molecule has 19 heavy (non-hydrogen) atoms. The van der Waals surface area contributed by atoms with Gasteiger partial charge in [0, 0.05) is 10.4 Å². The maximum atomic E-state index is 12.9. The van der Waals surface area contributed by atoms with Gasteiger partial charge >= 0.3 is 6.18 Å². The number of nitrogens with two attached hydrogens (primary N) is 1. The number of anilines is 1. The second-order valence-corrected chi connectivity index (χ2v) is 6.21. The van der Waals surface area contributed by atoms with Crippen LogP contribution < -0.4 is 5.73 Å². The average Bonchev–Trinajstić information content (AvgIpc) is 2.62. The van der Waals surface area contributed by atoms with E-state index in [9.17, 15) is 13.2 Å². The van der Waals surface area contributed by atoms with Crippen molar-refractivity contribution in [3.63, 3.8) is 0 Å². The van der Waals surface area contributed by atoms with Crippen molar-refractivity contribution in [3.8, 4) is 0 Å². The highest BCUT2D eigenvalue weighted by atomic mass is 32.1. The number of hydrogen-bond acceptors (Lipinski definition) is 2. The van der Waals surface area contributed by atoms with Gasteiger partial charge in [-0.25, -0.2) is 0 Å². The molecule has 0 bridgehead atoms. The zero-order chi connectivity index (χ0) is 14.2. The molecule has 0 spiro atoms. The van der Waals surface area contributed by atoms with Gasteiger partial charge < -0.3 is 5.73 Å². The summed E-state index contributed by atoms with van der Waals surface area (Å²) < 4.78 is 38.6. The lowest BCUT2D eigenvalue weighted by atomic mass is 9.84. The summed E-state index contributed by atoms with van der Waals surface area (Å²) in [5.41, 5.74) is 8.46. The van der Waals surface area contributed by atoms with Crippen molar-refractivity contribution in [1.29, 1.82) is 0 Å². The third-order valence-electron chi connectivity index (χ3n) is 3.66. The minimum absolute atomic E-state index is 0.0601. The highest BCUT2D eigenvalue weighted by molar-refractivity contribution is 7.16. The Morgan fingerprint density at radius 2 is 2.16 bits per heavy atom. The van der Waals surface area contributed by atoms with Crippen LogP contribution in [0.15, 0.2) is 6.58 Å². The predicted octanol–water partition coefficient (Wildman–Crippen LogP) is 4.81. The van der Waals surface area contributed by atoms with Crippen molar-refractivity contribution in [1.82, 2.24) is 0 Å². The van der Waals surface area contributed by atoms with E-state index in [1.165, 1.54) is 11.3 Å². The van der Waals surface area contributed by atoms with Crippen LogP contribution >= 0.6 is 11.3 Å². The van der Waals surface area contributed by atoms with Crippen LogP contribution in [0.25, 0.3) is 5.57 Å². The Labute approximate surface area is 115 Å². The van der Waals surface area contributed by atoms with Gasteiger partial charge in [-0.15, -0.1) is 11.3 Å². The number of allylic oxidation sites excluding steroid dienone is 1. The van der Waals surface area contributed by atoms with E-state index < -0.39 is 12.1 Å². The fraction of sp³-hybridized carbons (Fsp3) is 0.571. The number of thiophene rings is 1. The first-order chi connectivity index (χ1) is 8.84. The Kier molecular flexibility index (Phi) is 3.95. The normalized spacial score (nSPS) is 19.3. The molecular formula is C14H18F3NS. The molecular weight excluding hydrogens is 271 g/mol. The van der Waals surface area contributed by atoms with Crippen LogP contribution in [-0.4, -0.2) is 6.18 Å². The Bertz CT molecular complexity index is 488. The van der Waals surface area contributed by atoms with E-state index in [0.717, 1.165) is 34.4 Å². The molecule has 0 saturated heterocycles. The van der Waals surface area contributed by atoms with E-state index in [0.29, 0.717) is 11.4 Å². The first-order valence-electron chi connectivity index (χ1n) is 6.49. The molecule has 2 rings (SSSR count). The fourth-order valence-electron chi connectivity index (χ4n) is 2.70. The minimum atomic E-state index is -4.11. The molecule has 106 valence electrons. The molecule has 2 N–H and O–H groups in total. The monoisotopic (exact) mass is 289 g/mol. The van der Waals surface area contributed by atoms with Crippen LogP contribution in [0.3, 0.4) is 0 Å². The number of rotatable bonds is 3. The summed E-state index contributed by atoms with van der Waals surface area (Å²) in [6.45, 7) is 6.01. The summed E-state index contributed by atoms with van der Waals surface area (Å²) >= 11 is 1.43. The number of halogens is 3. The van der Waals surface area contributed by atoms with Gasteiger partial charge in [0.1, 0.15) is 0 Å². The molecule has 0 saturated carbocycles. The summed E-state index contributed by atoms with van der Waals surface area (Å²) in [5.74, 6) is -1.23. The quantitative estimate of drug-likeness (QED) is 0.849. The SMILES string of the molecule is C=C(CCC)c1c(N)sc2c1CC(C(F)(F)F)CC2. The Balaban J connectivity index is 2.34. The summed E-state index contributed by atoms with van der Waals surface area (Å²) in [7, 11) is 0. The van der Waals surface area contributed by atoms with Gasteiger partial charge in [0.2, 0.25) is 0 Å². The van der Waals surface area contributed by atoms with Crippen molar-refractivity contribution in [2.75, 3.05) is 5.73 Å². The van der Waals surface area contributed by atoms with Crippen molar-refractivity contribution in [2.24, 2.45) is 5.92 Å². The Hall–Kier alpha value is -0.970. The van der Waals surface area contributed by atoms with Crippen LogP contribution in [0, 0.1) is 5.92 Å². The smallest absolute Gasteiger partial charge is 0.390 e. The van der Waals surface area contributed by atoms with Gasteiger partial charge in [0.25, 0.3) is 0 Å². The van der Waals surface area contributed by atoms with Crippen molar-refractivity contribution in [2.45, 2.75) is 45.2 Å². The van der Waals surface area contributed by atoms with E-state index in [2.05, 4.69) is 6.58 Å². The maximum Gasteiger partial charge on any atom is 0.392 e. The molecule has 1 aromatic rings. The lowest BCUT2D eigenvalue weighted by Crippen LogP contribution is -2.28. The Morgan fingerprint density at radius 3 is 2.74 bits per heavy atom. The lowest BCUT2D eigenvalue weighted by molar-refractivity contribution is -0.176. The van der Waals surface area contributed by atoms with Gasteiger partial charge in [0.15, 0.2) is 0 Å². The molecule has 1 nitrogen and oxygen atoms in total. The number of fused-ring (bicyclic) bond motifs is 1. The van der Waals surface area contributed by atoms with Crippen molar-refractivity contribution >= 4 is 21.9 Å². The predicted molar refractivity (Wildman–Crippen MR) is 74.2 cm³/mol. The summed E-state index contributed by atoms with van der Waals surface area (Å²) in [4.78, 5) is 1.02. The van der Waals surface area contributed by atoms with Gasteiger partial charge in [-0.3, -0.25) is 0 Å². The zero-order valence-corrected chi connectivity index (χ0v) is 11.8. The molecule has 1 unspecified atom stereocenters. The summed E-state index contributed by atoms with van der Waals surface area (Å²) in [5, 5.41) is 0.631. The molecule has 0 fully saturated rings. The largest absolute Gasteiger partial charge is 0.392 e. The number of aryl methyl sites for hydroxylation is 1. The van der Waals surface area contributed by atoms with E-state index in [4.69, 9.17) is 5.73 Å². The van der Waals surface area contributed by atoms with E-state index >= 15 is 0 Å². The van der Waals surface area contributed by atoms with E-state index in [-0.39, 0.29) is 12.8 Å². The zero-order valence-electron chi connectivity index (χ0n) is 10.9. The van der Waals surface area contributed by atoms with Gasteiger partial charge in [0.05, 0.1) is 10.9 Å². The fourth-order valence-corrected chi connectivity index (χ4v) is 3.86. The molecule has 1 atom stereocenters. The van der Waals surface area contributed by atoms with Crippen LogP contribution in [-0.2, 0) is 12.8 Å². The molecule has 1 heterocycles. The second-order valence-electron chi connectivity index (χ2n) is 5.08. The van der Waals surface area contributed by atoms with Crippen molar-refractivity contribution < 1.29 is 13.2 Å². The van der Waals surface area contributed by atoms with Crippen LogP contribution in [0.4, 0.5) is 18.2 Å². The molecule has 0 aromatic carbocycles. The molecule has 0 aliphatic heterocycles. The molecule has 1 aromatic heterocycles. The highest BCUT2D eigenvalue weighted by Crippen LogP contribution is 2.45. The van der Waals surface area contributed by atoms with Crippen LogP contribution in [0.2, 0.25) is 0 Å². The van der Waals surface area contributed by atoms with Crippen LogP contribution in [0.5, 0.6) is 0 Å². The Morgan fingerprint density at radius 1 is 1.47 bits per heavy atom. The minimum Gasteiger partial charge on any atom is -0.390 e. The summed E-state index contributed by atoms with van der Waals surface area (Å²) in [6, 6.07) is 0. The average molecular weight is 289 g/mol. The van der Waals surface area contributed by atoms with Gasteiger partial charge in [-0.1, -0.05) is 19.9 Å². The third kappa shape index (κ3) is 2.81. The highest BCUT2D eigenvalue weighted by Gasteiger charge is 2.42. The topological polar surface area (TPSA) is 26.0 Å². The molecule has 0 radical (unpaired) electrons. The standard InChI is InChI=1S/C14H18F3NS/c1-3-4-8(2)12-10-7-9(14(15,16)17)5-6-11(10)19-13(12)18/h9H,2-7,18H2,1H3. The third-order valence-corrected chi connectivity index (χ3v) is 4.78. The van der Waals surface area contributed by atoms with E-state index in [1.807, 2.05) is 6.92 Å². The molecule has 5 heteroatoms. The first-order valence-corrected chi connectivity index (χ1v) is 7.31. The number of nitrogen functional groups attached to an aromatic ring is 1. The molecule has 0 amide bonds. The van der Waals surface area contributed by atoms with Crippen molar-refractivity contribution in [3.05, 3.63) is 22.6 Å². The first kappa shape index (κ1) is 14.4. The molecule has 1 aliphatic carbocycles.